The lowest BCUT2D eigenvalue weighted by Crippen LogP contribution is -2.51. The number of hydrogen-bond donors (Lipinski definition) is 0. The molecule has 4 rings (SSSR count). The number of aryl methyl sites for hydroxylation is 2. The van der Waals surface area contributed by atoms with Gasteiger partial charge in [0.2, 0.25) is 10.0 Å². The lowest BCUT2D eigenvalue weighted by atomic mass is 10.2. The number of tetrazole rings is 1. The van der Waals surface area contributed by atoms with Crippen LogP contribution < -0.4 is 4.74 Å². The average molecular weight is 457 g/mol. The normalized spacial score (nSPS) is 15.0. The van der Waals surface area contributed by atoms with Gasteiger partial charge in [0.1, 0.15) is 12.1 Å². The van der Waals surface area contributed by atoms with Gasteiger partial charge in [0.25, 0.3) is 5.91 Å². The van der Waals surface area contributed by atoms with Crippen molar-refractivity contribution in [2.45, 2.75) is 18.7 Å². The van der Waals surface area contributed by atoms with Gasteiger partial charge in [0, 0.05) is 32.2 Å². The fourth-order valence-corrected chi connectivity index (χ4v) is 5.27. The van der Waals surface area contributed by atoms with Gasteiger partial charge in [-0.05, 0) is 48.0 Å². The van der Waals surface area contributed by atoms with Crippen molar-refractivity contribution in [3.8, 4) is 11.4 Å². The van der Waals surface area contributed by atoms with E-state index in [2.05, 4.69) is 15.5 Å². The Balaban J connectivity index is 1.33. The summed E-state index contributed by atoms with van der Waals surface area (Å²) in [7, 11) is -3.59. The summed E-state index contributed by atoms with van der Waals surface area (Å²) in [6, 6.07) is 12.4. The third-order valence-corrected chi connectivity index (χ3v) is 7.39. The third-order valence-electron chi connectivity index (χ3n) is 5.33. The highest BCUT2D eigenvalue weighted by Gasteiger charge is 2.31. The monoisotopic (exact) mass is 456 g/mol. The van der Waals surface area contributed by atoms with Crippen LogP contribution in [0, 0.1) is 13.8 Å². The van der Waals surface area contributed by atoms with Gasteiger partial charge >= 0.3 is 0 Å². The lowest BCUT2D eigenvalue weighted by molar-refractivity contribution is -0.134. The second kappa shape index (κ2) is 9.05. The van der Waals surface area contributed by atoms with Crippen LogP contribution in [0.3, 0.4) is 0 Å². The number of ether oxygens (including phenoxy) is 1. The summed E-state index contributed by atoms with van der Waals surface area (Å²) >= 11 is 0. The van der Waals surface area contributed by atoms with Crippen LogP contribution in [0.2, 0.25) is 0 Å². The summed E-state index contributed by atoms with van der Waals surface area (Å²) < 4.78 is 34.6. The Hall–Kier alpha value is -3.31. The van der Waals surface area contributed by atoms with Crippen LogP contribution in [0.4, 0.5) is 0 Å². The first-order chi connectivity index (χ1) is 15.3. The standard InChI is InChI=1S/C21H24N6O4S/c1-16-6-7-20(17(2)12-16)32(29,30)26-10-8-25(9-11-26)21(28)14-31-19-5-3-4-18(13-19)27-15-22-23-24-27/h3-7,12-13,15H,8-11,14H2,1-2H3. The van der Waals surface area contributed by atoms with Crippen molar-refractivity contribution in [3.05, 3.63) is 59.9 Å². The molecule has 11 heteroatoms. The minimum Gasteiger partial charge on any atom is -0.484 e. The van der Waals surface area contributed by atoms with E-state index in [0.29, 0.717) is 29.4 Å². The minimum absolute atomic E-state index is 0.136. The van der Waals surface area contributed by atoms with Gasteiger partial charge in [0.05, 0.1) is 10.6 Å². The van der Waals surface area contributed by atoms with Crippen LogP contribution in [0.25, 0.3) is 5.69 Å². The maximum atomic E-state index is 13.0. The van der Waals surface area contributed by atoms with E-state index in [1.807, 2.05) is 19.1 Å². The summed E-state index contributed by atoms with van der Waals surface area (Å²) in [6.07, 6.45) is 1.47. The fraction of sp³-hybridized carbons (Fsp3) is 0.333. The van der Waals surface area contributed by atoms with E-state index in [-0.39, 0.29) is 25.6 Å². The number of amides is 1. The molecule has 1 saturated heterocycles. The smallest absolute Gasteiger partial charge is 0.260 e. The average Bonchev–Trinajstić information content (AvgIpc) is 3.32. The van der Waals surface area contributed by atoms with Crippen LogP contribution in [-0.2, 0) is 14.8 Å². The van der Waals surface area contributed by atoms with Gasteiger partial charge in [0.15, 0.2) is 6.61 Å². The van der Waals surface area contributed by atoms with Crippen LogP contribution in [0.5, 0.6) is 5.75 Å². The zero-order valence-corrected chi connectivity index (χ0v) is 18.7. The van der Waals surface area contributed by atoms with E-state index in [9.17, 15) is 13.2 Å². The molecule has 0 radical (unpaired) electrons. The molecule has 0 saturated carbocycles. The van der Waals surface area contributed by atoms with Crippen molar-refractivity contribution >= 4 is 15.9 Å². The van der Waals surface area contributed by atoms with E-state index >= 15 is 0 Å². The molecule has 0 atom stereocenters. The molecule has 1 amide bonds. The summed E-state index contributed by atoms with van der Waals surface area (Å²) in [5, 5.41) is 11.0. The number of piperazine rings is 1. The summed E-state index contributed by atoms with van der Waals surface area (Å²) in [4.78, 5) is 14.5. The number of carbonyl (C=O) groups excluding carboxylic acids is 1. The highest BCUT2D eigenvalue weighted by Crippen LogP contribution is 2.22. The van der Waals surface area contributed by atoms with Crippen LogP contribution in [0.1, 0.15) is 11.1 Å². The highest BCUT2D eigenvalue weighted by atomic mass is 32.2. The van der Waals surface area contributed by atoms with E-state index in [1.54, 1.807) is 42.2 Å². The van der Waals surface area contributed by atoms with Gasteiger partial charge in [-0.25, -0.2) is 13.1 Å². The minimum atomic E-state index is -3.59. The fourth-order valence-electron chi connectivity index (χ4n) is 3.64. The van der Waals surface area contributed by atoms with Crippen molar-refractivity contribution in [2.24, 2.45) is 0 Å². The molecule has 0 bridgehead atoms. The lowest BCUT2D eigenvalue weighted by Gasteiger charge is -2.34. The van der Waals surface area contributed by atoms with Crippen molar-refractivity contribution in [2.75, 3.05) is 32.8 Å². The molecule has 1 aliphatic heterocycles. The maximum Gasteiger partial charge on any atom is 0.260 e. The van der Waals surface area contributed by atoms with Crippen molar-refractivity contribution in [1.82, 2.24) is 29.4 Å². The highest BCUT2D eigenvalue weighted by molar-refractivity contribution is 7.89. The zero-order chi connectivity index (χ0) is 22.7. The van der Waals surface area contributed by atoms with E-state index in [1.165, 1.54) is 15.3 Å². The topological polar surface area (TPSA) is 111 Å². The Bertz CT molecular complexity index is 1200. The number of benzene rings is 2. The number of sulfonamides is 1. The molecule has 0 aliphatic carbocycles. The Morgan fingerprint density at radius 3 is 2.53 bits per heavy atom. The Kier molecular flexibility index (Phi) is 6.19. The molecule has 0 spiro atoms. The van der Waals surface area contributed by atoms with Crippen LogP contribution in [-0.4, -0.2) is 76.5 Å². The molecule has 32 heavy (non-hydrogen) atoms. The summed E-state index contributed by atoms with van der Waals surface area (Å²) in [5.41, 5.74) is 2.45. The predicted octanol–water partition coefficient (Wildman–Crippen LogP) is 1.19. The van der Waals surface area contributed by atoms with E-state index in [0.717, 1.165) is 11.1 Å². The molecule has 1 fully saturated rings. The van der Waals surface area contributed by atoms with Crippen molar-refractivity contribution in [1.29, 1.82) is 0 Å². The number of aromatic nitrogens is 4. The van der Waals surface area contributed by atoms with Gasteiger partial charge in [-0.2, -0.15) is 4.31 Å². The Morgan fingerprint density at radius 1 is 1.06 bits per heavy atom. The van der Waals surface area contributed by atoms with Crippen LogP contribution >= 0.6 is 0 Å². The molecular formula is C21H24N6O4S. The number of nitrogens with zero attached hydrogens (tertiary/aromatic N) is 6. The second-order valence-electron chi connectivity index (χ2n) is 7.59. The van der Waals surface area contributed by atoms with E-state index in [4.69, 9.17) is 4.74 Å². The number of rotatable bonds is 6. The van der Waals surface area contributed by atoms with Gasteiger partial charge in [-0.1, -0.05) is 23.8 Å². The Morgan fingerprint density at radius 2 is 1.84 bits per heavy atom. The van der Waals surface area contributed by atoms with E-state index < -0.39 is 10.0 Å². The summed E-state index contributed by atoms with van der Waals surface area (Å²) in [6.45, 7) is 4.71. The van der Waals surface area contributed by atoms with Gasteiger partial charge in [-0.15, -0.1) is 5.10 Å². The van der Waals surface area contributed by atoms with Crippen LogP contribution in [0.15, 0.2) is 53.7 Å². The first kappa shape index (κ1) is 21.9. The third kappa shape index (κ3) is 4.63. The largest absolute Gasteiger partial charge is 0.484 e. The quantitative estimate of drug-likeness (QED) is 0.548. The predicted molar refractivity (Wildman–Crippen MR) is 116 cm³/mol. The SMILES string of the molecule is Cc1ccc(S(=O)(=O)N2CCN(C(=O)COc3cccc(-n4cnnn4)c3)CC2)c(C)c1. The maximum absolute atomic E-state index is 13.0. The Labute approximate surface area is 186 Å². The molecular weight excluding hydrogens is 432 g/mol. The first-order valence-corrected chi connectivity index (χ1v) is 11.6. The number of carbonyl (C=O) groups is 1. The molecule has 3 aromatic rings. The second-order valence-corrected chi connectivity index (χ2v) is 9.50. The molecule has 10 nitrogen and oxygen atoms in total. The molecule has 1 aliphatic rings. The summed E-state index contributed by atoms with van der Waals surface area (Å²) in [5.74, 6) is 0.323. The molecule has 0 unspecified atom stereocenters. The molecule has 1 aromatic heterocycles. The van der Waals surface area contributed by atoms with Gasteiger partial charge < -0.3 is 9.64 Å². The molecule has 0 N–H and O–H groups in total. The molecule has 2 aromatic carbocycles. The number of hydrogen-bond acceptors (Lipinski definition) is 7. The molecule has 168 valence electrons. The van der Waals surface area contributed by atoms with Gasteiger partial charge in [-0.3, -0.25) is 4.79 Å². The van der Waals surface area contributed by atoms with Crippen molar-refractivity contribution in [3.63, 3.8) is 0 Å². The van der Waals surface area contributed by atoms with Crippen molar-refractivity contribution < 1.29 is 17.9 Å². The zero-order valence-electron chi connectivity index (χ0n) is 17.9. The first-order valence-electron chi connectivity index (χ1n) is 10.2. The molecule has 2 heterocycles.